The van der Waals surface area contributed by atoms with E-state index in [4.69, 9.17) is 11.6 Å². The number of benzene rings is 2. The van der Waals surface area contributed by atoms with Crippen LogP contribution < -0.4 is 0 Å². The number of rotatable bonds is 4. The quantitative estimate of drug-likeness (QED) is 0.670. The smallest absolute Gasteiger partial charge is 0.223 e. The molecule has 1 heterocycles. The maximum atomic E-state index is 13.1. The van der Waals surface area contributed by atoms with E-state index in [0.717, 1.165) is 35.9 Å². The zero-order valence-corrected chi connectivity index (χ0v) is 15.9. The molecule has 1 atom stereocenters. The molecule has 0 N–H and O–H groups in total. The highest BCUT2D eigenvalue weighted by Crippen LogP contribution is 2.39. The molecular weight excluding hydrogens is 342 g/mol. The van der Waals surface area contributed by atoms with Gasteiger partial charge >= 0.3 is 0 Å². The van der Waals surface area contributed by atoms with Gasteiger partial charge in [-0.25, -0.2) is 0 Å². The maximum absolute atomic E-state index is 13.1. The Bertz CT molecular complexity index is 781. The summed E-state index contributed by atoms with van der Waals surface area (Å²) < 4.78 is 0. The molecule has 0 bridgehead atoms. The lowest BCUT2D eigenvalue weighted by atomic mass is 9.87. The molecule has 0 radical (unpaired) electrons. The number of hydrogen-bond acceptors (Lipinski definition) is 1. The summed E-state index contributed by atoms with van der Waals surface area (Å²) in [6.07, 6.45) is 7.87. The fourth-order valence-corrected chi connectivity index (χ4v) is 4.88. The van der Waals surface area contributed by atoms with Crippen molar-refractivity contribution in [1.29, 1.82) is 0 Å². The average Bonchev–Trinajstić information content (AvgIpc) is 3.19. The molecule has 4 rings (SSSR count). The standard InChI is InChI=1S/C23H26ClNO/c24-21-12-6-5-11-20(21)23-19-10-4-3-9-18(19)15-16-25(23)22(26)14-13-17-7-1-2-8-17/h3-6,9-12,17,23H,1-2,7-8,13-16H2/t23-/m0/s1. The van der Waals surface area contributed by atoms with Gasteiger partial charge in [-0.1, -0.05) is 79.7 Å². The number of halogens is 1. The molecular formula is C23H26ClNO. The highest BCUT2D eigenvalue weighted by atomic mass is 35.5. The number of carbonyl (C=O) groups is 1. The van der Waals surface area contributed by atoms with Crippen molar-refractivity contribution in [3.63, 3.8) is 0 Å². The SMILES string of the molecule is O=C(CCC1CCCC1)N1CCc2ccccc2[C@H]1c1ccccc1Cl. The second-order valence-electron chi connectivity index (χ2n) is 7.65. The van der Waals surface area contributed by atoms with Crippen LogP contribution in [0, 0.1) is 5.92 Å². The lowest BCUT2D eigenvalue weighted by Crippen LogP contribution is -2.40. The average molecular weight is 368 g/mol. The number of fused-ring (bicyclic) bond motifs is 1. The molecule has 2 nitrogen and oxygen atoms in total. The van der Waals surface area contributed by atoms with Crippen LogP contribution in [0.3, 0.4) is 0 Å². The molecule has 136 valence electrons. The van der Waals surface area contributed by atoms with E-state index in [1.807, 2.05) is 18.2 Å². The molecule has 1 aliphatic carbocycles. The van der Waals surface area contributed by atoms with Crippen molar-refractivity contribution in [2.24, 2.45) is 5.92 Å². The molecule has 2 aromatic rings. The summed E-state index contributed by atoms with van der Waals surface area (Å²) in [6, 6.07) is 16.4. The van der Waals surface area contributed by atoms with Gasteiger partial charge in [0.2, 0.25) is 5.91 Å². The summed E-state index contributed by atoms with van der Waals surface area (Å²) in [5.74, 6) is 1.02. The minimum Gasteiger partial charge on any atom is -0.331 e. The summed E-state index contributed by atoms with van der Waals surface area (Å²) in [7, 11) is 0. The van der Waals surface area contributed by atoms with Gasteiger partial charge in [-0.15, -0.1) is 0 Å². The first kappa shape index (κ1) is 17.6. The van der Waals surface area contributed by atoms with Crippen molar-refractivity contribution in [2.45, 2.75) is 51.0 Å². The van der Waals surface area contributed by atoms with Gasteiger partial charge < -0.3 is 4.90 Å². The molecule has 2 aromatic carbocycles. The Hall–Kier alpha value is -1.80. The van der Waals surface area contributed by atoms with E-state index < -0.39 is 0 Å². The fourth-order valence-electron chi connectivity index (χ4n) is 4.64. The van der Waals surface area contributed by atoms with Gasteiger partial charge in [-0.05, 0) is 41.5 Å². The summed E-state index contributed by atoms with van der Waals surface area (Å²) in [6.45, 7) is 0.774. The minimum atomic E-state index is -0.0651. The molecule has 2 aliphatic rings. The van der Waals surface area contributed by atoms with Crippen LogP contribution in [-0.4, -0.2) is 17.4 Å². The van der Waals surface area contributed by atoms with Gasteiger partial charge in [0, 0.05) is 18.0 Å². The lowest BCUT2D eigenvalue weighted by molar-refractivity contribution is -0.133. The normalized spacial score (nSPS) is 20.2. The van der Waals surface area contributed by atoms with Crippen LogP contribution in [0.5, 0.6) is 0 Å². The molecule has 1 saturated carbocycles. The first-order chi connectivity index (χ1) is 12.7. The third-order valence-corrected chi connectivity index (χ3v) is 6.39. The lowest BCUT2D eigenvalue weighted by Gasteiger charge is -2.38. The second kappa shape index (κ2) is 7.84. The van der Waals surface area contributed by atoms with E-state index in [2.05, 4.69) is 35.2 Å². The van der Waals surface area contributed by atoms with E-state index in [-0.39, 0.29) is 11.9 Å². The van der Waals surface area contributed by atoms with E-state index >= 15 is 0 Å². The second-order valence-corrected chi connectivity index (χ2v) is 8.06. The van der Waals surface area contributed by atoms with Crippen molar-refractivity contribution < 1.29 is 4.79 Å². The van der Waals surface area contributed by atoms with Gasteiger partial charge in [-0.2, -0.15) is 0 Å². The zero-order chi connectivity index (χ0) is 17.9. The van der Waals surface area contributed by atoms with E-state index in [0.29, 0.717) is 6.42 Å². The van der Waals surface area contributed by atoms with Crippen LogP contribution in [0.1, 0.15) is 61.3 Å². The predicted molar refractivity (Wildman–Crippen MR) is 106 cm³/mol. The summed E-state index contributed by atoms with van der Waals surface area (Å²) in [5.41, 5.74) is 3.59. The third-order valence-electron chi connectivity index (χ3n) is 6.04. The molecule has 1 amide bonds. The predicted octanol–water partition coefficient (Wildman–Crippen LogP) is 5.78. The van der Waals surface area contributed by atoms with E-state index in [1.165, 1.54) is 36.8 Å². The highest BCUT2D eigenvalue weighted by molar-refractivity contribution is 6.31. The molecule has 0 aromatic heterocycles. The monoisotopic (exact) mass is 367 g/mol. The Morgan fingerprint density at radius 3 is 2.46 bits per heavy atom. The first-order valence-electron chi connectivity index (χ1n) is 9.86. The Labute approximate surface area is 161 Å². The van der Waals surface area contributed by atoms with Crippen LogP contribution in [0.2, 0.25) is 5.02 Å². The van der Waals surface area contributed by atoms with E-state index in [1.54, 1.807) is 0 Å². The summed E-state index contributed by atoms with van der Waals surface area (Å²) in [5, 5.41) is 0.739. The molecule has 26 heavy (non-hydrogen) atoms. The Balaban J connectivity index is 1.62. The van der Waals surface area contributed by atoms with Crippen molar-refractivity contribution in [1.82, 2.24) is 4.90 Å². The van der Waals surface area contributed by atoms with Crippen molar-refractivity contribution in [2.75, 3.05) is 6.54 Å². The Morgan fingerprint density at radius 2 is 1.69 bits per heavy atom. The molecule has 0 unspecified atom stereocenters. The summed E-state index contributed by atoms with van der Waals surface area (Å²) in [4.78, 5) is 15.2. The maximum Gasteiger partial charge on any atom is 0.223 e. The van der Waals surface area contributed by atoms with Crippen molar-refractivity contribution in [3.8, 4) is 0 Å². The number of nitrogens with zero attached hydrogens (tertiary/aromatic N) is 1. The Kier molecular flexibility index (Phi) is 5.31. The Morgan fingerprint density at radius 1 is 1.00 bits per heavy atom. The number of amides is 1. The van der Waals surface area contributed by atoms with Gasteiger partial charge in [0.1, 0.15) is 0 Å². The molecule has 1 aliphatic heterocycles. The fraction of sp³-hybridized carbons (Fsp3) is 0.435. The zero-order valence-electron chi connectivity index (χ0n) is 15.2. The van der Waals surface area contributed by atoms with Crippen molar-refractivity contribution in [3.05, 3.63) is 70.2 Å². The molecule has 0 saturated heterocycles. The third kappa shape index (κ3) is 3.53. The van der Waals surface area contributed by atoms with Gasteiger partial charge in [0.15, 0.2) is 0 Å². The van der Waals surface area contributed by atoms with Crippen LogP contribution >= 0.6 is 11.6 Å². The van der Waals surface area contributed by atoms with Crippen molar-refractivity contribution >= 4 is 17.5 Å². The van der Waals surface area contributed by atoms with E-state index in [9.17, 15) is 4.79 Å². The number of carbonyl (C=O) groups excluding carboxylic acids is 1. The van der Waals surface area contributed by atoms with Crippen LogP contribution in [0.25, 0.3) is 0 Å². The number of hydrogen-bond donors (Lipinski definition) is 0. The van der Waals surface area contributed by atoms with Crippen LogP contribution in [0.4, 0.5) is 0 Å². The molecule has 3 heteroatoms. The molecule has 1 fully saturated rings. The highest BCUT2D eigenvalue weighted by Gasteiger charge is 2.33. The topological polar surface area (TPSA) is 20.3 Å². The molecule has 0 spiro atoms. The summed E-state index contributed by atoms with van der Waals surface area (Å²) >= 11 is 6.54. The minimum absolute atomic E-state index is 0.0651. The van der Waals surface area contributed by atoms with Crippen LogP contribution in [0.15, 0.2) is 48.5 Å². The first-order valence-corrected chi connectivity index (χ1v) is 10.2. The van der Waals surface area contributed by atoms with Crippen LogP contribution in [-0.2, 0) is 11.2 Å². The van der Waals surface area contributed by atoms with Gasteiger partial charge in [0.25, 0.3) is 0 Å². The largest absolute Gasteiger partial charge is 0.331 e. The van der Waals surface area contributed by atoms with Gasteiger partial charge in [-0.3, -0.25) is 4.79 Å². The van der Waals surface area contributed by atoms with Gasteiger partial charge in [0.05, 0.1) is 6.04 Å².